The Bertz CT molecular complexity index is 760. The zero-order valence-corrected chi connectivity index (χ0v) is 13.0. The normalized spacial score (nSPS) is 12.9. The molecular formula is C15H16ClN3S. The van der Waals surface area contributed by atoms with Crippen LogP contribution in [0.25, 0.3) is 11.0 Å². The molecule has 104 valence electrons. The third kappa shape index (κ3) is 2.30. The molecule has 3 nitrogen and oxygen atoms in total. The Labute approximate surface area is 127 Å². The Morgan fingerprint density at radius 1 is 1.35 bits per heavy atom. The van der Waals surface area contributed by atoms with Crippen molar-refractivity contribution < 1.29 is 0 Å². The summed E-state index contributed by atoms with van der Waals surface area (Å²) in [6.45, 7) is 4.27. The molecule has 0 fully saturated rings. The highest BCUT2D eigenvalue weighted by molar-refractivity contribution is 7.11. The van der Waals surface area contributed by atoms with Gasteiger partial charge < -0.3 is 10.3 Å². The number of nitrogen functional groups attached to an aromatic ring is 1. The van der Waals surface area contributed by atoms with Crippen LogP contribution in [0, 0.1) is 6.92 Å². The maximum absolute atomic E-state index is 6.31. The fraction of sp³-hybridized carbons (Fsp3) is 0.267. The molecule has 1 unspecified atom stereocenters. The quantitative estimate of drug-likeness (QED) is 0.777. The number of aryl methyl sites for hydroxylation is 1. The first-order chi connectivity index (χ1) is 9.56. The van der Waals surface area contributed by atoms with E-state index < -0.39 is 0 Å². The van der Waals surface area contributed by atoms with Gasteiger partial charge in [0.1, 0.15) is 0 Å². The molecule has 1 aromatic carbocycles. The molecule has 0 aliphatic rings. The number of aromatic nitrogens is 2. The zero-order valence-electron chi connectivity index (χ0n) is 11.4. The molecule has 3 rings (SSSR count). The van der Waals surface area contributed by atoms with E-state index in [0.29, 0.717) is 11.0 Å². The molecule has 0 aliphatic carbocycles. The van der Waals surface area contributed by atoms with Crippen molar-refractivity contribution in [3.8, 4) is 0 Å². The van der Waals surface area contributed by atoms with Crippen LogP contribution < -0.4 is 5.73 Å². The van der Waals surface area contributed by atoms with Gasteiger partial charge in [-0.25, -0.2) is 4.98 Å². The second-order valence-electron chi connectivity index (χ2n) is 5.01. The topological polar surface area (TPSA) is 43.8 Å². The molecular weight excluding hydrogens is 290 g/mol. The highest BCUT2D eigenvalue weighted by Crippen LogP contribution is 2.31. The Kier molecular flexibility index (Phi) is 3.44. The summed E-state index contributed by atoms with van der Waals surface area (Å²) in [6.07, 6.45) is 0.930. The highest BCUT2D eigenvalue weighted by Gasteiger charge is 2.17. The molecule has 5 heteroatoms. The fourth-order valence-corrected chi connectivity index (χ4v) is 3.82. The largest absolute Gasteiger partial charge is 0.369 e. The molecule has 2 N–H and O–H groups in total. The van der Waals surface area contributed by atoms with Crippen LogP contribution in [0.15, 0.2) is 30.3 Å². The van der Waals surface area contributed by atoms with Gasteiger partial charge in [-0.1, -0.05) is 17.7 Å². The van der Waals surface area contributed by atoms with E-state index in [1.807, 2.05) is 34.1 Å². The third-order valence-corrected chi connectivity index (χ3v) is 4.75. The average Bonchev–Trinajstić information content (AvgIpc) is 2.93. The monoisotopic (exact) mass is 305 g/mol. The van der Waals surface area contributed by atoms with Gasteiger partial charge in [-0.2, -0.15) is 0 Å². The van der Waals surface area contributed by atoms with E-state index >= 15 is 0 Å². The molecule has 0 bridgehead atoms. The third-order valence-electron chi connectivity index (χ3n) is 3.42. The summed E-state index contributed by atoms with van der Waals surface area (Å²) in [5, 5.41) is 0.695. The minimum Gasteiger partial charge on any atom is -0.369 e. The summed E-state index contributed by atoms with van der Waals surface area (Å²) in [4.78, 5) is 7.08. The van der Waals surface area contributed by atoms with E-state index in [1.165, 1.54) is 9.75 Å². The predicted molar refractivity (Wildman–Crippen MR) is 86.6 cm³/mol. The summed E-state index contributed by atoms with van der Waals surface area (Å²) in [7, 11) is 0. The van der Waals surface area contributed by atoms with E-state index in [0.717, 1.165) is 17.5 Å². The lowest BCUT2D eigenvalue weighted by molar-refractivity contribution is 0.571. The molecule has 0 amide bonds. The highest BCUT2D eigenvalue weighted by atomic mass is 35.5. The first kappa shape index (κ1) is 13.5. The van der Waals surface area contributed by atoms with Crippen molar-refractivity contribution in [3.05, 3.63) is 45.1 Å². The van der Waals surface area contributed by atoms with Crippen LogP contribution in [-0.2, 0) is 6.42 Å². The number of thiophene rings is 1. The van der Waals surface area contributed by atoms with Gasteiger partial charge in [0.15, 0.2) is 0 Å². The molecule has 0 spiro atoms. The van der Waals surface area contributed by atoms with Crippen LogP contribution in [0.4, 0.5) is 5.95 Å². The van der Waals surface area contributed by atoms with Crippen LogP contribution in [0.2, 0.25) is 5.02 Å². The number of halogens is 1. The van der Waals surface area contributed by atoms with Gasteiger partial charge in [0.25, 0.3) is 0 Å². The summed E-state index contributed by atoms with van der Waals surface area (Å²) in [5.41, 5.74) is 7.85. The number of hydrogen-bond donors (Lipinski definition) is 1. The molecule has 0 saturated heterocycles. The SMILES string of the molecule is Cc1ccc(CC(C)n2c(N)nc3cccc(Cl)c32)s1. The lowest BCUT2D eigenvalue weighted by atomic mass is 10.2. The van der Waals surface area contributed by atoms with E-state index in [1.54, 1.807) is 0 Å². The van der Waals surface area contributed by atoms with Crippen LogP contribution in [-0.4, -0.2) is 9.55 Å². The van der Waals surface area contributed by atoms with Crippen LogP contribution in [0.1, 0.15) is 22.7 Å². The number of imidazole rings is 1. The first-order valence-electron chi connectivity index (χ1n) is 6.53. The van der Waals surface area contributed by atoms with Gasteiger partial charge in [-0.3, -0.25) is 0 Å². The maximum Gasteiger partial charge on any atom is 0.201 e. The number of nitrogens with zero attached hydrogens (tertiary/aromatic N) is 2. The number of benzene rings is 1. The lowest BCUT2D eigenvalue weighted by Crippen LogP contribution is -2.11. The van der Waals surface area contributed by atoms with Crippen molar-refractivity contribution in [1.29, 1.82) is 0 Å². The van der Waals surface area contributed by atoms with E-state index in [-0.39, 0.29) is 6.04 Å². The molecule has 0 aliphatic heterocycles. The van der Waals surface area contributed by atoms with Gasteiger partial charge in [0, 0.05) is 22.2 Å². The second-order valence-corrected chi connectivity index (χ2v) is 6.79. The average molecular weight is 306 g/mol. The van der Waals surface area contributed by atoms with E-state index in [2.05, 4.69) is 31.0 Å². The number of anilines is 1. The van der Waals surface area contributed by atoms with E-state index in [9.17, 15) is 0 Å². The van der Waals surface area contributed by atoms with Crippen molar-refractivity contribution in [1.82, 2.24) is 9.55 Å². The predicted octanol–water partition coefficient (Wildman–Crippen LogP) is 4.45. The smallest absolute Gasteiger partial charge is 0.201 e. The molecule has 0 saturated carbocycles. The fourth-order valence-electron chi connectivity index (χ4n) is 2.55. The number of hydrogen-bond acceptors (Lipinski definition) is 3. The minimum atomic E-state index is 0.220. The van der Waals surface area contributed by atoms with Crippen molar-refractivity contribution in [2.45, 2.75) is 26.3 Å². The molecule has 20 heavy (non-hydrogen) atoms. The standard InChI is InChI=1S/C15H16ClN3S/c1-9(8-11-7-6-10(2)20-11)19-14-12(16)4-3-5-13(14)18-15(19)17/h3-7,9H,8H2,1-2H3,(H2,17,18). The number of para-hydroxylation sites is 1. The lowest BCUT2D eigenvalue weighted by Gasteiger charge is -2.15. The summed E-state index contributed by atoms with van der Waals surface area (Å²) in [6, 6.07) is 10.3. The molecule has 1 atom stereocenters. The van der Waals surface area contributed by atoms with E-state index in [4.69, 9.17) is 17.3 Å². The van der Waals surface area contributed by atoms with Gasteiger partial charge in [0.2, 0.25) is 5.95 Å². The Balaban J connectivity index is 2.02. The van der Waals surface area contributed by atoms with Gasteiger partial charge >= 0.3 is 0 Å². The Hall–Kier alpha value is -1.52. The molecule has 2 heterocycles. The van der Waals surface area contributed by atoms with Gasteiger partial charge in [-0.15, -0.1) is 11.3 Å². The summed E-state index contributed by atoms with van der Waals surface area (Å²) < 4.78 is 2.03. The van der Waals surface area contributed by atoms with Gasteiger partial charge in [-0.05, 0) is 38.1 Å². The van der Waals surface area contributed by atoms with Crippen molar-refractivity contribution in [3.63, 3.8) is 0 Å². The van der Waals surface area contributed by atoms with Crippen LogP contribution in [0.5, 0.6) is 0 Å². The Morgan fingerprint density at radius 3 is 2.85 bits per heavy atom. The van der Waals surface area contributed by atoms with Crippen molar-refractivity contribution >= 4 is 39.9 Å². The number of fused-ring (bicyclic) bond motifs is 1. The molecule has 2 aromatic heterocycles. The first-order valence-corrected chi connectivity index (χ1v) is 7.73. The van der Waals surface area contributed by atoms with Gasteiger partial charge in [0.05, 0.1) is 16.1 Å². The van der Waals surface area contributed by atoms with Crippen LogP contribution in [0.3, 0.4) is 0 Å². The van der Waals surface area contributed by atoms with Crippen molar-refractivity contribution in [2.24, 2.45) is 0 Å². The summed E-state index contributed by atoms with van der Waals surface area (Å²) >= 11 is 8.13. The summed E-state index contributed by atoms with van der Waals surface area (Å²) in [5.74, 6) is 0.522. The van der Waals surface area contributed by atoms with Crippen molar-refractivity contribution in [2.75, 3.05) is 5.73 Å². The zero-order chi connectivity index (χ0) is 14.3. The number of rotatable bonds is 3. The maximum atomic E-state index is 6.31. The minimum absolute atomic E-state index is 0.220. The molecule has 3 aromatic rings. The Morgan fingerprint density at radius 2 is 2.15 bits per heavy atom. The number of nitrogens with two attached hydrogens (primary N) is 1. The molecule has 0 radical (unpaired) electrons. The van der Waals surface area contributed by atoms with Crippen LogP contribution >= 0.6 is 22.9 Å². The second kappa shape index (κ2) is 5.11.